The molecule has 0 saturated heterocycles. The average molecular weight is 240 g/mol. The number of nitrogens with zero attached hydrogens (tertiary/aromatic N) is 3. The summed E-state index contributed by atoms with van der Waals surface area (Å²) >= 11 is 5.80. The zero-order valence-electron chi connectivity index (χ0n) is 8.14. The number of aromatic carboxylic acids is 1. The summed E-state index contributed by atoms with van der Waals surface area (Å²) in [4.78, 5) is 25.3. The summed E-state index contributed by atoms with van der Waals surface area (Å²) < 4.78 is 1.27. The molecule has 82 valence electrons. The largest absolute Gasteiger partial charge is 0.476 e. The molecule has 0 aliphatic rings. The number of hydrogen-bond donors (Lipinski definition) is 1. The van der Waals surface area contributed by atoms with E-state index >= 15 is 0 Å². The molecule has 2 rings (SSSR count). The van der Waals surface area contributed by atoms with Gasteiger partial charge in [-0.2, -0.15) is 0 Å². The highest BCUT2D eigenvalue weighted by atomic mass is 35.5. The van der Waals surface area contributed by atoms with Crippen LogP contribution in [0.5, 0.6) is 0 Å². The molecule has 0 atom stereocenters. The predicted octanol–water partition coefficient (Wildman–Crippen LogP) is 2.39. The van der Waals surface area contributed by atoms with Crippen molar-refractivity contribution < 1.29 is 9.90 Å². The fourth-order valence-corrected chi connectivity index (χ4v) is 1.75. The van der Waals surface area contributed by atoms with Crippen LogP contribution in [0.25, 0.3) is 5.65 Å². The number of carboxylic acids is 1. The molecule has 0 aromatic carbocycles. The number of carbonyl (C=O) groups is 1. The number of imidazole rings is 1. The molecule has 0 spiro atoms. The van der Waals surface area contributed by atoms with Gasteiger partial charge >= 0.3 is 5.97 Å². The Morgan fingerprint density at radius 3 is 2.88 bits per heavy atom. The van der Waals surface area contributed by atoms with Crippen LogP contribution in [0.2, 0.25) is 5.02 Å². The minimum absolute atomic E-state index is 0.256. The maximum Gasteiger partial charge on any atom is 0.358 e. The Morgan fingerprint density at radius 1 is 1.62 bits per heavy atom. The summed E-state index contributed by atoms with van der Waals surface area (Å²) in [6.07, 6.45) is 1.40. The van der Waals surface area contributed by atoms with Gasteiger partial charge < -0.3 is 5.11 Å². The van der Waals surface area contributed by atoms with E-state index in [0.29, 0.717) is 16.2 Å². The van der Waals surface area contributed by atoms with E-state index in [1.165, 1.54) is 10.6 Å². The van der Waals surface area contributed by atoms with Crippen molar-refractivity contribution in [2.75, 3.05) is 0 Å². The van der Waals surface area contributed by atoms with Crippen LogP contribution >= 0.6 is 11.6 Å². The van der Waals surface area contributed by atoms with E-state index in [0.717, 1.165) is 0 Å². The molecule has 7 heteroatoms. The van der Waals surface area contributed by atoms with Crippen LogP contribution in [-0.4, -0.2) is 20.5 Å². The highest BCUT2D eigenvalue weighted by Crippen LogP contribution is 2.25. The summed E-state index contributed by atoms with van der Waals surface area (Å²) in [6, 6.07) is 1.63. The molecular weight excluding hydrogens is 234 g/mol. The second-order valence-corrected chi connectivity index (χ2v) is 3.65. The Balaban J connectivity index is 2.92. The minimum Gasteiger partial charge on any atom is -0.476 e. The van der Waals surface area contributed by atoms with Gasteiger partial charge in [0, 0.05) is 6.20 Å². The molecule has 2 heterocycles. The lowest BCUT2D eigenvalue weighted by Gasteiger charge is -1.98. The third-order valence-electron chi connectivity index (χ3n) is 2.13. The Morgan fingerprint density at radius 2 is 2.31 bits per heavy atom. The molecule has 0 amide bonds. The topological polar surface area (TPSA) is 84.0 Å². The molecule has 0 saturated carbocycles. The predicted molar refractivity (Wildman–Crippen MR) is 57.4 cm³/mol. The van der Waals surface area contributed by atoms with Crippen LogP contribution in [0.1, 0.15) is 16.1 Å². The highest BCUT2D eigenvalue weighted by molar-refractivity contribution is 6.30. The number of rotatable bonds is 2. The van der Waals surface area contributed by atoms with Crippen molar-refractivity contribution >= 4 is 29.0 Å². The summed E-state index contributed by atoms with van der Waals surface area (Å²) in [5, 5.41) is 11.9. The van der Waals surface area contributed by atoms with Gasteiger partial charge in [0.15, 0.2) is 5.69 Å². The number of aryl methyl sites for hydroxylation is 1. The van der Waals surface area contributed by atoms with Crippen LogP contribution in [0, 0.1) is 11.8 Å². The number of halogens is 1. The third-order valence-corrected chi connectivity index (χ3v) is 2.34. The molecule has 2 aromatic rings. The normalized spacial score (nSPS) is 10.6. The second-order valence-electron chi connectivity index (χ2n) is 3.22. The Bertz CT molecular complexity index is 606. The van der Waals surface area contributed by atoms with Crippen LogP contribution in [0.15, 0.2) is 17.4 Å². The first-order valence-corrected chi connectivity index (χ1v) is 4.67. The zero-order chi connectivity index (χ0) is 11.9. The molecule has 0 aliphatic carbocycles. The smallest absolute Gasteiger partial charge is 0.358 e. The molecule has 2 aromatic heterocycles. The number of fused-ring (bicyclic) bond motifs is 1. The van der Waals surface area contributed by atoms with Crippen molar-refractivity contribution in [3.05, 3.63) is 33.5 Å². The summed E-state index contributed by atoms with van der Waals surface area (Å²) in [5.41, 5.74) is 0.654. The van der Waals surface area contributed by atoms with E-state index in [2.05, 4.69) is 10.2 Å². The quantitative estimate of drug-likeness (QED) is 0.816. The number of carboxylic acid groups (broad SMARTS) is 1. The monoisotopic (exact) mass is 239 g/mol. The van der Waals surface area contributed by atoms with Gasteiger partial charge in [-0.25, -0.2) is 9.78 Å². The Labute approximate surface area is 94.5 Å². The first-order valence-electron chi connectivity index (χ1n) is 4.29. The lowest BCUT2D eigenvalue weighted by molar-refractivity contribution is 0.0692. The highest BCUT2D eigenvalue weighted by Gasteiger charge is 2.20. The van der Waals surface area contributed by atoms with Gasteiger partial charge in [0.25, 0.3) is 0 Å². The van der Waals surface area contributed by atoms with Crippen LogP contribution in [0.4, 0.5) is 5.82 Å². The second kappa shape index (κ2) is 3.57. The van der Waals surface area contributed by atoms with Crippen LogP contribution in [-0.2, 0) is 0 Å². The number of aromatic nitrogens is 2. The molecule has 0 bridgehead atoms. The summed E-state index contributed by atoms with van der Waals surface area (Å²) in [5.74, 6) is -1.55. The van der Waals surface area contributed by atoms with E-state index in [9.17, 15) is 9.70 Å². The fourth-order valence-electron chi connectivity index (χ4n) is 1.49. The van der Waals surface area contributed by atoms with E-state index < -0.39 is 5.97 Å². The molecule has 16 heavy (non-hydrogen) atoms. The van der Waals surface area contributed by atoms with Gasteiger partial charge in [0.05, 0.1) is 5.02 Å². The van der Waals surface area contributed by atoms with E-state index in [-0.39, 0.29) is 11.5 Å². The van der Waals surface area contributed by atoms with Crippen molar-refractivity contribution in [3.63, 3.8) is 0 Å². The maximum atomic E-state index is 10.8. The standard InChI is InChI=1S/C9H6ClN3O3/c1-4-2-5(10)3-13-7(4)11-6(9(14)15)8(13)12-16/h2-3H,1H3,(H,14,15). The van der Waals surface area contributed by atoms with Gasteiger partial charge in [-0.1, -0.05) is 11.6 Å². The third kappa shape index (κ3) is 1.43. The van der Waals surface area contributed by atoms with E-state index in [4.69, 9.17) is 16.7 Å². The Kier molecular flexibility index (Phi) is 2.35. The first kappa shape index (κ1) is 10.6. The van der Waals surface area contributed by atoms with E-state index in [1.807, 2.05) is 0 Å². The molecule has 0 fully saturated rings. The lowest BCUT2D eigenvalue weighted by Crippen LogP contribution is -1.96. The van der Waals surface area contributed by atoms with Gasteiger partial charge in [-0.05, 0) is 23.7 Å². The van der Waals surface area contributed by atoms with Crippen molar-refractivity contribution in [2.24, 2.45) is 5.18 Å². The van der Waals surface area contributed by atoms with Crippen molar-refractivity contribution in [3.8, 4) is 0 Å². The zero-order valence-corrected chi connectivity index (χ0v) is 8.89. The molecular formula is C9H6ClN3O3. The molecule has 0 aliphatic heterocycles. The average Bonchev–Trinajstić information content (AvgIpc) is 2.56. The molecule has 6 nitrogen and oxygen atoms in total. The lowest BCUT2D eigenvalue weighted by atomic mass is 10.3. The summed E-state index contributed by atoms with van der Waals surface area (Å²) in [6.45, 7) is 1.72. The maximum absolute atomic E-state index is 10.8. The van der Waals surface area contributed by atoms with Crippen molar-refractivity contribution in [1.82, 2.24) is 9.38 Å². The first-order chi connectivity index (χ1) is 7.54. The van der Waals surface area contributed by atoms with Gasteiger partial charge in [-0.3, -0.25) is 4.40 Å². The van der Waals surface area contributed by atoms with E-state index in [1.54, 1.807) is 13.0 Å². The summed E-state index contributed by atoms with van der Waals surface area (Å²) in [7, 11) is 0. The number of pyridine rings is 1. The molecule has 0 unspecified atom stereocenters. The van der Waals surface area contributed by atoms with Crippen molar-refractivity contribution in [1.29, 1.82) is 0 Å². The minimum atomic E-state index is -1.30. The fraction of sp³-hybridized carbons (Fsp3) is 0.111. The Hall–Kier alpha value is -1.95. The van der Waals surface area contributed by atoms with Crippen LogP contribution < -0.4 is 0 Å². The van der Waals surface area contributed by atoms with Gasteiger partial charge in [0.2, 0.25) is 5.82 Å². The van der Waals surface area contributed by atoms with Gasteiger partial charge in [-0.15, -0.1) is 4.91 Å². The molecule has 0 radical (unpaired) electrons. The molecule has 1 N–H and O–H groups in total. The van der Waals surface area contributed by atoms with Crippen LogP contribution in [0.3, 0.4) is 0 Å². The van der Waals surface area contributed by atoms with Gasteiger partial charge in [0.1, 0.15) is 5.65 Å². The van der Waals surface area contributed by atoms with Crippen molar-refractivity contribution in [2.45, 2.75) is 6.92 Å². The SMILES string of the molecule is Cc1cc(Cl)cn2c(N=O)c(C(=O)O)nc12. The number of hydrogen-bond acceptors (Lipinski definition) is 4. The number of nitroso groups, excluding NO2 is 1.